The Morgan fingerprint density at radius 3 is 2.38 bits per heavy atom. The number of rotatable bonds is 16. The third-order valence-corrected chi connectivity index (χ3v) is 11.3. The summed E-state index contributed by atoms with van der Waals surface area (Å²) in [7, 11) is 2.09. The summed E-state index contributed by atoms with van der Waals surface area (Å²) in [6.45, 7) is 0.532. The number of hydrogen-bond donors (Lipinski definition) is 1. The average molecular weight is 586 g/mol. The van der Waals surface area contributed by atoms with E-state index in [2.05, 4.69) is 11.4 Å². The van der Waals surface area contributed by atoms with E-state index in [9.17, 15) is 13.2 Å². The van der Waals surface area contributed by atoms with Crippen LogP contribution in [0.3, 0.4) is 0 Å². The summed E-state index contributed by atoms with van der Waals surface area (Å²) in [5.74, 6) is 1.99. The average Bonchev–Trinajstić information content (AvgIpc) is 3.30. The maximum absolute atomic E-state index is 13.4. The van der Waals surface area contributed by atoms with Gasteiger partial charge >= 0.3 is 0 Å². The van der Waals surface area contributed by atoms with Crippen LogP contribution >= 0.6 is 11.8 Å². The van der Waals surface area contributed by atoms with Gasteiger partial charge in [0, 0.05) is 61.8 Å². The van der Waals surface area contributed by atoms with Crippen LogP contribution in [0.1, 0.15) is 70.6 Å². The second-order valence-electron chi connectivity index (χ2n) is 11.5. The second-order valence-corrected chi connectivity index (χ2v) is 14.6. The lowest BCUT2D eigenvalue weighted by molar-refractivity contribution is -0.113. The van der Waals surface area contributed by atoms with Gasteiger partial charge in [-0.2, -0.15) is 11.8 Å². The number of carbonyl (C=O) groups excluding carboxylic acids is 1. The van der Waals surface area contributed by atoms with Crippen LogP contribution in [-0.4, -0.2) is 69.8 Å². The number of anilines is 1. The highest BCUT2D eigenvalue weighted by Gasteiger charge is 2.31. The zero-order valence-electron chi connectivity index (χ0n) is 24.5. The summed E-state index contributed by atoms with van der Waals surface area (Å²) in [5.41, 5.74) is 2.06. The quantitative estimate of drug-likeness (QED) is 0.230. The molecule has 2 heterocycles. The highest BCUT2D eigenvalue weighted by molar-refractivity contribution is 7.99. The van der Waals surface area contributed by atoms with Crippen molar-refractivity contribution in [2.75, 3.05) is 44.1 Å². The molecule has 0 spiro atoms. The maximum Gasteiger partial charge on any atom is 0.243 e. The van der Waals surface area contributed by atoms with Crippen LogP contribution < -0.4 is 10.2 Å². The van der Waals surface area contributed by atoms with E-state index in [-0.39, 0.29) is 0 Å². The highest BCUT2D eigenvalue weighted by Crippen LogP contribution is 2.31. The highest BCUT2D eigenvalue weighted by atomic mass is 32.2. The Hall–Kier alpha value is -1.87. The maximum atomic E-state index is 13.4. The Labute approximate surface area is 246 Å². The summed E-state index contributed by atoms with van der Waals surface area (Å²) < 4.78 is 28.3. The third kappa shape index (κ3) is 7.90. The number of benzene rings is 2. The number of ketones is 1. The van der Waals surface area contributed by atoms with E-state index in [1.54, 1.807) is 24.9 Å². The summed E-state index contributed by atoms with van der Waals surface area (Å²) in [6.07, 6.45) is 14.5. The summed E-state index contributed by atoms with van der Waals surface area (Å²) in [5, 5.41) is 5.35. The van der Waals surface area contributed by atoms with Gasteiger partial charge in [-0.3, -0.25) is 4.79 Å². The number of unbranched alkanes of at least 4 members (excludes halogenated alkanes) is 6. The molecule has 0 saturated carbocycles. The Morgan fingerprint density at radius 1 is 0.900 bits per heavy atom. The normalized spacial score (nSPS) is 19.1. The number of carbonyl (C=O) groups is 1. The fraction of sp³-hybridized carbons (Fsp3) is 0.594. The van der Waals surface area contributed by atoms with E-state index < -0.39 is 10.0 Å². The molecule has 0 unspecified atom stereocenters. The van der Waals surface area contributed by atoms with Gasteiger partial charge in [0.1, 0.15) is 0 Å². The number of hydrogen-bond acceptors (Lipinski definition) is 6. The minimum absolute atomic E-state index is 0.301. The second kappa shape index (κ2) is 14.9. The summed E-state index contributed by atoms with van der Waals surface area (Å²) in [6, 6.07) is 12.3. The number of sulfonamides is 1. The first-order valence-electron chi connectivity index (χ1n) is 15.0. The Balaban J connectivity index is 1.09. The number of thioether (sulfide) groups is 1. The van der Waals surface area contributed by atoms with E-state index >= 15 is 0 Å². The van der Waals surface area contributed by atoms with Crippen molar-refractivity contribution >= 4 is 44.0 Å². The number of fused-ring (bicyclic) bond motifs is 3. The van der Waals surface area contributed by atoms with Crippen molar-refractivity contribution in [3.05, 3.63) is 48.0 Å². The molecule has 0 amide bonds. The van der Waals surface area contributed by atoms with Gasteiger partial charge in [0.05, 0.1) is 10.6 Å². The molecule has 4 rings (SSSR count). The number of nitrogens with zero attached hydrogens (tertiary/aromatic N) is 2. The Bertz CT molecular complexity index is 1280. The summed E-state index contributed by atoms with van der Waals surface area (Å²) >= 11 is 1.78. The minimum atomic E-state index is -3.55. The zero-order valence-corrected chi connectivity index (χ0v) is 26.2. The first kappa shape index (κ1) is 31.1. The van der Waals surface area contributed by atoms with E-state index in [4.69, 9.17) is 0 Å². The van der Waals surface area contributed by atoms with Gasteiger partial charge in [-0.25, -0.2) is 12.7 Å². The first-order chi connectivity index (χ1) is 19.3. The van der Waals surface area contributed by atoms with Crippen molar-refractivity contribution in [3.63, 3.8) is 0 Å². The number of allylic oxidation sites excluding steroid dienone is 1. The monoisotopic (exact) mass is 585 g/mol. The molecule has 2 aliphatic rings. The lowest BCUT2D eigenvalue weighted by Gasteiger charge is -2.20. The molecule has 2 aromatic carbocycles. The smallest absolute Gasteiger partial charge is 0.243 e. The molecular weight excluding hydrogens is 539 g/mol. The van der Waals surface area contributed by atoms with E-state index in [0.29, 0.717) is 35.1 Å². The Kier molecular flexibility index (Phi) is 11.5. The predicted molar refractivity (Wildman–Crippen MR) is 170 cm³/mol. The van der Waals surface area contributed by atoms with Crippen LogP contribution in [0, 0.1) is 0 Å². The molecule has 6 nitrogen and oxygen atoms in total. The third-order valence-electron chi connectivity index (χ3n) is 8.34. The van der Waals surface area contributed by atoms with Crippen molar-refractivity contribution in [1.82, 2.24) is 9.62 Å². The van der Waals surface area contributed by atoms with Gasteiger partial charge in [-0.1, -0.05) is 62.4 Å². The van der Waals surface area contributed by atoms with Gasteiger partial charge in [0.25, 0.3) is 0 Å². The fourth-order valence-electron chi connectivity index (χ4n) is 6.02. The Morgan fingerprint density at radius 2 is 1.60 bits per heavy atom. The molecule has 220 valence electrons. The van der Waals surface area contributed by atoms with Gasteiger partial charge in [-0.15, -0.1) is 0 Å². The molecule has 40 heavy (non-hydrogen) atoms. The van der Waals surface area contributed by atoms with Crippen molar-refractivity contribution in [3.8, 4) is 0 Å². The number of Topliss-reactive ketones (excluding diaryl/α,β-unsaturated/α-hetero) is 1. The predicted octanol–water partition coefficient (Wildman–Crippen LogP) is 6.40. The van der Waals surface area contributed by atoms with Crippen LogP contribution in [0.5, 0.6) is 0 Å². The van der Waals surface area contributed by atoms with Crippen LogP contribution in [-0.2, 0) is 14.8 Å². The van der Waals surface area contributed by atoms with Crippen molar-refractivity contribution in [2.24, 2.45) is 0 Å². The molecule has 8 heteroatoms. The van der Waals surface area contributed by atoms with Crippen LogP contribution in [0.2, 0.25) is 0 Å². The van der Waals surface area contributed by atoms with Crippen molar-refractivity contribution in [1.29, 1.82) is 0 Å². The van der Waals surface area contributed by atoms with Crippen LogP contribution in [0.25, 0.3) is 10.8 Å². The van der Waals surface area contributed by atoms with E-state index in [0.717, 1.165) is 66.3 Å². The van der Waals surface area contributed by atoms with Crippen LogP contribution in [0.4, 0.5) is 5.69 Å². The standard InChI is InChI=1S/C32H47N3O3S2/c1-34(2)30-18-12-16-27-26(30)15-13-19-32(27)40(37,38)35(3)22-9-7-5-4-6-8-10-23-39-24-31(36)28-17-11-14-25-20-21-29(28)33-25/h12-13,15-19,25,29,33H,4-11,14,20-24H2,1-3H3/t25-,29-/m1/s1. The topological polar surface area (TPSA) is 69.7 Å². The lowest BCUT2D eigenvalue weighted by Crippen LogP contribution is -2.31. The van der Waals surface area contributed by atoms with E-state index in [1.165, 1.54) is 36.4 Å². The first-order valence-corrected chi connectivity index (χ1v) is 17.6. The van der Waals surface area contributed by atoms with Gasteiger partial charge in [0.2, 0.25) is 10.0 Å². The molecule has 2 aliphatic heterocycles. The molecule has 1 N–H and O–H groups in total. The molecule has 0 aliphatic carbocycles. The van der Waals surface area contributed by atoms with Crippen molar-refractivity contribution < 1.29 is 13.2 Å². The largest absolute Gasteiger partial charge is 0.377 e. The molecular formula is C32H47N3O3S2. The molecule has 2 aromatic rings. The lowest BCUT2D eigenvalue weighted by atomic mass is 9.97. The van der Waals surface area contributed by atoms with Crippen LogP contribution in [0.15, 0.2) is 52.9 Å². The molecule has 1 fully saturated rings. The molecule has 2 atom stereocenters. The SMILES string of the molecule is CN(C)c1cccc2c(S(=O)(=O)N(C)CCCCCCCCCSCC(=O)C3=CCC[C@@H]4CC[C@H]3N4)cccc12. The van der Waals surface area contributed by atoms with Crippen molar-refractivity contribution in [2.45, 2.75) is 87.6 Å². The number of nitrogens with one attached hydrogen (secondary N) is 1. The molecule has 0 aromatic heterocycles. The molecule has 0 radical (unpaired) electrons. The fourth-order valence-corrected chi connectivity index (χ4v) is 8.34. The summed E-state index contributed by atoms with van der Waals surface area (Å²) in [4.78, 5) is 15.1. The van der Waals surface area contributed by atoms with Gasteiger partial charge < -0.3 is 10.2 Å². The van der Waals surface area contributed by atoms with Gasteiger partial charge in [0.15, 0.2) is 5.78 Å². The minimum Gasteiger partial charge on any atom is -0.377 e. The zero-order chi connectivity index (χ0) is 28.5. The molecule has 2 bridgehead atoms. The molecule has 1 saturated heterocycles. The van der Waals surface area contributed by atoms with Gasteiger partial charge in [-0.05, 0) is 56.4 Å². The van der Waals surface area contributed by atoms with E-state index in [1.807, 2.05) is 49.3 Å².